The zero-order valence-corrected chi connectivity index (χ0v) is 20.0. The molecule has 2 saturated heterocycles. The molecule has 3 aromatic rings. The molecule has 0 unspecified atom stereocenters. The highest BCUT2D eigenvalue weighted by molar-refractivity contribution is 5.92. The van der Waals surface area contributed by atoms with E-state index in [2.05, 4.69) is 30.2 Å². The lowest BCUT2D eigenvalue weighted by atomic mass is 10.1. The van der Waals surface area contributed by atoms with Crippen LogP contribution in [0.2, 0.25) is 0 Å². The number of anilines is 1. The molecule has 3 aromatic heterocycles. The Morgan fingerprint density at radius 2 is 1.86 bits per heavy atom. The fraction of sp³-hybridized carbons (Fsp3) is 0.440. The molecule has 0 atom stereocenters. The molecule has 0 spiro atoms. The smallest absolute Gasteiger partial charge is 0.284 e. The Hall–Kier alpha value is -3.34. The van der Waals surface area contributed by atoms with Gasteiger partial charge in [0.25, 0.3) is 11.5 Å². The van der Waals surface area contributed by atoms with E-state index in [1.54, 1.807) is 12.3 Å². The highest BCUT2D eigenvalue weighted by Crippen LogP contribution is 2.18. The molecule has 0 bridgehead atoms. The predicted molar refractivity (Wildman–Crippen MR) is 133 cm³/mol. The average molecular weight is 478 g/mol. The second-order valence-corrected chi connectivity index (χ2v) is 8.96. The van der Waals surface area contributed by atoms with Gasteiger partial charge in [0.2, 0.25) is 0 Å². The molecule has 2 fully saturated rings. The van der Waals surface area contributed by atoms with Gasteiger partial charge in [0.15, 0.2) is 0 Å². The maximum atomic E-state index is 12.4. The second kappa shape index (κ2) is 10.5. The number of fused-ring (bicyclic) bond motifs is 1. The first kappa shape index (κ1) is 23.4. The van der Waals surface area contributed by atoms with Crippen LogP contribution in [0.15, 0.2) is 41.5 Å². The van der Waals surface area contributed by atoms with Crippen LogP contribution in [0.25, 0.3) is 11.0 Å². The van der Waals surface area contributed by atoms with Crippen LogP contribution in [0.5, 0.6) is 0 Å². The maximum Gasteiger partial charge on any atom is 0.284 e. The van der Waals surface area contributed by atoms with Gasteiger partial charge in [-0.15, -0.1) is 0 Å². The minimum atomic E-state index is -0.195. The summed E-state index contributed by atoms with van der Waals surface area (Å²) in [4.78, 5) is 41.2. The van der Waals surface area contributed by atoms with Gasteiger partial charge in [-0.1, -0.05) is 6.92 Å². The number of ether oxygens (including phenoxy) is 1. The fourth-order valence-electron chi connectivity index (χ4n) is 4.52. The first-order valence-electron chi connectivity index (χ1n) is 12.2. The number of piperazine rings is 1. The minimum absolute atomic E-state index is 0.0363. The molecule has 35 heavy (non-hydrogen) atoms. The first-order chi connectivity index (χ1) is 17.1. The van der Waals surface area contributed by atoms with Crippen molar-refractivity contribution in [1.29, 1.82) is 0 Å². The normalized spacial score (nSPS) is 17.6. The molecule has 1 amide bonds. The Kier molecular flexibility index (Phi) is 7.03. The monoisotopic (exact) mass is 477 g/mol. The van der Waals surface area contributed by atoms with E-state index >= 15 is 0 Å². The maximum absolute atomic E-state index is 12.4. The van der Waals surface area contributed by atoms with Gasteiger partial charge < -0.3 is 14.6 Å². The third kappa shape index (κ3) is 5.50. The van der Waals surface area contributed by atoms with Gasteiger partial charge in [-0.05, 0) is 36.2 Å². The zero-order chi connectivity index (χ0) is 24.2. The molecular weight excluding hydrogens is 446 g/mol. The van der Waals surface area contributed by atoms with Gasteiger partial charge in [-0.2, -0.15) is 0 Å². The Morgan fingerprint density at radius 1 is 1.06 bits per heavy atom. The Bertz CT molecular complexity index is 1230. The molecular formula is C25H31N7O3. The molecule has 0 aliphatic carbocycles. The van der Waals surface area contributed by atoms with E-state index in [0.717, 1.165) is 60.6 Å². The van der Waals surface area contributed by atoms with Crippen LogP contribution >= 0.6 is 0 Å². The van der Waals surface area contributed by atoms with Crippen molar-refractivity contribution in [2.75, 3.05) is 57.4 Å². The third-order valence-corrected chi connectivity index (χ3v) is 6.60. The number of hydrogen-bond acceptors (Lipinski definition) is 8. The molecule has 10 nitrogen and oxygen atoms in total. The van der Waals surface area contributed by atoms with Crippen LogP contribution in [-0.2, 0) is 17.7 Å². The summed E-state index contributed by atoms with van der Waals surface area (Å²) in [6.07, 6.45) is 4.37. The van der Waals surface area contributed by atoms with Crippen molar-refractivity contribution in [3.8, 4) is 0 Å². The number of aromatic amines is 1. The third-order valence-electron chi connectivity index (χ3n) is 6.60. The van der Waals surface area contributed by atoms with Crippen LogP contribution in [0.1, 0.15) is 28.5 Å². The van der Waals surface area contributed by atoms with Crippen molar-refractivity contribution in [2.45, 2.75) is 19.9 Å². The molecule has 5 heterocycles. The largest absolute Gasteiger partial charge is 0.379 e. The van der Waals surface area contributed by atoms with E-state index in [1.807, 2.05) is 36.3 Å². The van der Waals surface area contributed by atoms with Crippen molar-refractivity contribution in [1.82, 2.24) is 30.3 Å². The molecule has 0 aromatic carbocycles. The molecule has 0 radical (unpaired) electrons. The number of H-pyrrole nitrogens is 1. The van der Waals surface area contributed by atoms with Gasteiger partial charge >= 0.3 is 0 Å². The number of nitrogens with one attached hydrogen (secondary N) is 2. The van der Waals surface area contributed by atoms with Crippen molar-refractivity contribution in [3.05, 3.63) is 63.8 Å². The quantitative estimate of drug-likeness (QED) is 0.545. The summed E-state index contributed by atoms with van der Waals surface area (Å²) in [5, 5.41) is 1.87. The van der Waals surface area contributed by atoms with E-state index < -0.39 is 0 Å². The van der Waals surface area contributed by atoms with Crippen molar-refractivity contribution in [2.24, 2.45) is 0 Å². The number of morpholine rings is 1. The molecule has 5 rings (SSSR count). The lowest BCUT2D eigenvalue weighted by molar-refractivity contribution is 0.0124. The van der Waals surface area contributed by atoms with E-state index in [1.165, 1.54) is 0 Å². The average Bonchev–Trinajstić information content (AvgIpc) is 2.89. The molecule has 2 N–H and O–H groups in total. The number of rotatable bonds is 6. The van der Waals surface area contributed by atoms with Crippen LogP contribution in [0.3, 0.4) is 0 Å². The van der Waals surface area contributed by atoms with Crippen LogP contribution < -0.4 is 15.9 Å². The Balaban J connectivity index is 1.15. The highest BCUT2D eigenvalue weighted by Gasteiger charge is 2.19. The fourth-order valence-corrected chi connectivity index (χ4v) is 4.52. The number of hydrazine groups is 1. The van der Waals surface area contributed by atoms with Crippen LogP contribution in [0.4, 0.5) is 5.69 Å². The van der Waals surface area contributed by atoms with Crippen molar-refractivity contribution in [3.63, 3.8) is 0 Å². The number of carbonyl (C=O) groups excluding carboxylic acids is 1. The summed E-state index contributed by atoms with van der Waals surface area (Å²) in [6, 6.07) is 7.65. The lowest BCUT2D eigenvalue weighted by Gasteiger charge is -2.36. The van der Waals surface area contributed by atoms with Gasteiger partial charge in [0, 0.05) is 57.6 Å². The number of aryl methyl sites for hydroxylation is 1. The van der Waals surface area contributed by atoms with Crippen molar-refractivity contribution >= 4 is 22.6 Å². The number of nitrogens with zero attached hydrogens (tertiary/aromatic N) is 5. The van der Waals surface area contributed by atoms with E-state index in [0.29, 0.717) is 38.4 Å². The van der Waals surface area contributed by atoms with E-state index in [-0.39, 0.29) is 11.5 Å². The van der Waals surface area contributed by atoms with Gasteiger partial charge in [-0.25, -0.2) is 9.99 Å². The lowest BCUT2D eigenvalue weighted by Crippen LogP contribution is -2.48. The van der Waals surface area contributed by atoms with Crippen molar-refractivity contribution < 1.29 is 9.53 Å². The Labute approximate surface area is 203 Å². The molecule has 10 heteroatoms. The summed E-state index contributed by atoms with van der Waals surface area (Å²) >= 11 is 0. The summed E-state index contributed by atoms with van der Waals surface area (Å²) in [6.45, 7) is 8.92. The number of carbonyl (C=O) groups is 1. The van der Waals surface area contributed by atoms with E-state index in [4.69, 9.17) is 4.74 Å². The summed E-state index contributed by atoms with van der Waals surface area (Å²) < 4.78 is 5.31. The molecule has 184 valence electrons. The highest BCUT2D eigenvalue weighted by atomic mass is 16.5. The molecule has 2 aliphatic rings. The molecule has 2 aliphatic heterocycles. The topological polar surface area (TPSA) is 107 Å². The molecule has 0 saturated carbocycles. The summed E-state index contributed by atoms with van der Waals surface area (Å²) in [5.41, 5.74) is 7.73. The van der Waals surface area contributed by atoms with Gasteiger partial charge in [0.1, 0.15) is 5.69 Å². The Morgan fingerprint density at radius 3 is 2.57 bits per heavy atom. The van der Waals surface area contributed by atoms with Gasteiger partial charge in [0.05, 0.1) is 36.1 Å². The van der Waals surface area contributed by atoms with Crippen LogP contribution in [-0.4, -0.2) is 83.3 Å². The minimum Gasteiger partial charge on any atom is -0.379 e. The van der Waals surface area contributed by atoms with E-state index in [9.17, 15) is 9.59 Å². The summed E-state index contributed by atoms with van der Waals surface area (Å²) in [7, 11) is 0. The first-order valence-corrected chi connectivity index (χ1v) is 12.2. The number of amides is 1. The zero-order valence-electron chi connectivity index (χ0n) is 20.0. The number of pyridine rings is 3. The summed E-state index contributed by atoms with van der Waals surface area (Å²) in [5.74, 6) is -0.195. The number of hydrogen-bond donors (Lipinski definition) is 2. The second-order valence-electron chi connectivity index (χ2n) is 8.96. The van der Waals surface area contributed by atoms with Crippen LogP contribution in [0, 0.1) is 0 Å². The standard InChI is InChI=1S/C25H31N7O3/c1-2-19-14-22-23(28-24(19)33)13-18(15-26-22)17-30-5-7-31(8-6-30)20-3-4-21(27-16-20)25(34)29-32-9-11-35-12-10-32/h3-4,13-16H,2,5-12,17H2,1H3,(H,28,33)(H,29,34). The van der Waals surface area contributed by atoms with Gasteiger partial charge in [-0.3, -0.25) is 24.9 Å². The predicted octanol–water partition coefficient (Wildman–Crippen LogP) is 1.18. The SMILES string of the molecule is CCc1cc2ncc(CN3CCN(c4ccc(C(=O)NN5CCOCC5)nc4)CC3)cc2[nH]c1=O. The number of aromatic nitrogens is 3.